The van der Waals surface area contributed by atoms with E-state index in [1.807, 2.05) is 6.92 Å². The van der Waals surface area contributed by atoms with E-state index in [-0.39, 0.29) is 5.91 Å². The van der Waals surface area contributed by atoms with Crippen molar-refractivity contribution in [2.45, 2.75) is 58.2 Å². The Labute approximate surface area is 112 Å². The van der Waals surface area contributed by atoms with Crippen LogP contribution in [0, 0.1) is 5.41 Å². The first-order valence-electron chi connectivity index (χ1n) is 6.87. The summed E-state index contributed by atoms with van der Waals surface area (Å²) in [6, 6.07) is -0.872. The van der Waals surface area contributed by atoms with Crippen molar-refractivity contribution in [1.29, 1.82) is 0 Å². The fraction of sp³-hybridized carbons (Fsp3) is 0.923. The molecule has 1 aliphatic heterocycles. The largest absolute Gasteiger partial charge is 0.391 e. The van der Waals surface area contributed by atoms with Crippen LogP contribution in [-0.4, -0.2) is 31.2 Å². The number of carbonyl (C=O) groups is 1. The Hall–Kier alpha value is -0.780. The van der Waals surface area contributed by atoms with Crippen molar-refractivity contribution in [3.63, 3.8) is 0 Å². The van der Waals surface area contributed by atoms with E-state index < -0.39 is 24.1 Å². The van der Waals surface area contributed by atoms with E-state index in [0.29, 0.717) is 13.0 Å². The minimum atomic E-state index is -4.24. The molecule has 2 atom stereocenters. The summed E-state index contributed by atoms with van der Waals surface area (Å²) in [7, 11) is 0. The first-order chi connectivity index (χ1) is 8.79. The molecule has 1 fully saturated rings. The fourth-order valence-electron chi connectivity index (χ4n) is 2.74. The van der Waals surface area contributed by atoms with Gasteiger partial charge in [0.05, 0.1) is 11.8 Å². The molecule has 1 heterocycles. The number of nitrogens with one attached hydrogen (secondary N) is 2. The molecule has 0 bridgehead atoms. The Balaban J connectivity index is 2.62. The highest BCUT2D eigenvalue weighted by molar-refractivity contribution is 5.83. The van der Waals surface area contributed by atoms with Crippen LogP contribution in [0.4, 0.5) is 13.2 Å². The maximum absolute atomic E-state index is 12.3. The van der Waals surface area contributed by atoms with Gasteiger partial charge in [-0.05, 0) is 32.7 Å². The normalized spacial score (nSPS) is 25.9. The van der Waals surface area contributed by atoms with Gasteiger partial charge in [-0.3, -0.25) is 4.79 Å². The summed E-state index contributed by atoms with van der Waals surface area (Å²) in [5.74, 6) is -0.238. The van der Waals surface area contributed by atoms with Crippen LogP contribution >= 0.6 is 0 Å². The molecule has 0 radical (unpaired) electrons. The zero-order chi connectivity index (χ0) is 14.5. The Kier molecular flexibility index (Phi) is 5.64. The van der Waals surface area contributed by atoms with Crippen LogP contribution < -0.4 is 10.6 Å². The molecule has 3 nitrogen and oxygen atoms in total. The van der Waals surface area contributed by atoms with Gasteiger partial charge in [0.15, 0.2) is 0 Å². The molecule has 6 heteroatoms. The average molecular weight is 280 g/mol. The Morgan fingerprint density at radius 3 is 2.63 bits per heavy atom. The van der Waals surface area contributed by atoms with Gasteiger partial charge in [0.2, 0.25) is 5.91 Å². The summed E-state index contributed by atoms with van der Waals surface area (Å²) in [5.41, 5.74) is -0.535. The monoisotopic (exact) mass is 280 g/mol. The smallest absolute Gasteiger partial charge is 0.353 e. The summed E-state index contributed by atoms with van der Waals surface area (Å²) >= 11 is 0. The van der Waals surface area contributed by atoms with Gasteiger partial charge in [0.1, 0.15) is 0 Å². The van der Waals surface area contributed by atoms with Crippen molar-refractivity contribution in [3.05, 3.63) is 0 Å². The standard InChI is InChI=1S/C13H23F3N2O/c1-3-5-12(6-4-7-17-9-12)11(19)18-10(2)8-13(14,15)16/h10,17H,3-9H2,1-2H3,(H,18,19). The Bertz CT molecular complexity index is 293. The summed E-state index contributed by atoms with van der Waals surface area (Å²) in [5, 5.41) is 5.71. The van der Waals surface area contributed by atoms with Crippen LogP contribution in [0.2, 0.25) is 0 Å². The number of amides is 1. The molecule has 0 spiro atoms. The van der Waals surface area contributed by atoms with Crippen molar-refractivity contribution < 1.29 is 18.0 Å². The second-order valence-corrected chi connectivity index (χ2v) is 5.50. The first kappa shape index (κ1) is 16.3. The van der Waals surface area contributed by atoms with Crippen molar-refractivity contribution in [3.8, 4) is 0 Å². The van der Waals surface area contributed by atoms with Crippen molar-refractivity contribution in [2.75, 3.05) is 13.1 Å². The zero-order valence-corrected chi connectivity index (χ0v) is 11.6. The molecule has 1 amide bonds. The van der Waals surface area contributed by atoms with Crippen LogP contribution in [0.15, 0.2) is 0 Å². The molecular formula is C13H23F3N2O. The third-order valence-electron chi connectivity index (χ3n) is 3.60. The third-order valence-corrected chi connectivity index (χ3v) is 3.60. The minimum absolute atomic E-state index is 0.238. The molecule has 1 rings (SSSR count). The van der Waals surface area contributed by atoms with Crippen LogP contribution in [0.3, 0.4) is 0 Å². The second-order valence-electron chi connectivity index (χ2n) is 5.50. The van der Waals surface area contributed by atoms with E-state index in [2.05, 4.69) is 10.6 Å². The summed E-state index contributed by atoms with van der Waals surface area (Å²) in [6.45, 7) is 4.83. The van der Waals surface area contributed by atoms with Crippen LogP contribution in [0.25, 0.3) is 0 Å². The van der Waals surface area contributed by atoms with E-state index in [0.717, 1.165) is 25.8 Å². The van der Waals surface area contributed by atoms with Gasteiger partial charge in [0.25, 0.3) is 0 Å². The second kappa shape index (κ2) is 6.59. The van der Waals surface area contributed by atoms with Crippen molar-refractivity contribution in [2.24, 2.45) is 5.41 Å². The number of halogens is 3. The Morgan fingerprint density at radius 2 is 2.16 bits per heavy atom. The van der Waals surface area contributed by atoms with Crippen LogP contribution in [0.1, 0.15) is 46.0 Å². The molecule has 0 aromatic carbocycles. The number of piperidine rings is 1. The van der Waals surface area contributed by atoms with Gasteiger partial charge in [-0.15, -0.1) is 0 Å². The van der Waals surface area contributed by atoms with E-state index in [4.69, 9.17) is 0 Å². The predicted octanol–water partition coefficient (Wildman–Crippen LogP) is 2.61. The van der Waals surface area contributed by atoms with Crippen LogP contribution in [-0.2, 0) is 4.79 Å². The SMILES string of the molecule is CCCC1(C(=O)NC(C)CC(F)(F)F)CCCNC1. The fourth-order valence-corrected chi connectivity index (χ4v) is 2.74. The number of hydrogen-bond acceptors (Lipinski definition) is 2. The predicted molar refractivity (Wildman–Crippen MR) is 67.7 cm³/mol. The molecule has 112 valence electrons. The molecule has 0 aromatic heterocycles. The quantitative estimate of drug-likeness (QED) is 0.813. The van der Waals surface area contributed by atoms with E-state index >= 15 is 0 Å². The third kappa shape index (κ3) is 5.01. The number of alkyl halides is 3. The molecule has 1 saturated heterocycles. The number of carbonyl (C=O) groups excluding carboxylic acids is 1. The molecule has 19 heavy (non-hydrogen) atoms. The lowest BCUT2D eigenvalue weighted by atomic mass is 9.76. The minimum Gasteiger partial charge on any atom is -0.353 e. The maximum atomic E-state index is 12.3. The highest BCUT2D eigenvalue weighted by Gasteiger charge is 2.40. The number of rotatable bonds is 5. The lowest BCUT2D eigenvalue weighted by Crippen LogP contribution is -2.52. The average Bonchev–Trinajstić information content (AvgIpc) is 2.27. The summed E-state index contributed by atoms with van der Waals surface area (Å²) in [4.78, 5) is 12.3. The van der Waals surface area contributed by atoms with Crippen LogP contribution in [0.5, 0.6) is 0 Å². The topological polar surface area (TPSA) is 41.1 Å². The Morgan fingerprint density at radius 1 is 1.47 bits per heavy atom. The van der Waals surface area contributed by atoms with Gasteiger partial charge >= 0.3 is 6.18 Å². The highest BCUT2D eigenvalue weighted by Crippen LogP contribution is 2.32. The van der Waals surface area contributed by atoms with Gasteiger partial charge < -0.3 is 10.6 Å². The summed E-state index contributed by atoms with van der Waals surface area (Å²) < 4.78 is 36.8. The molecule has 0 saturated carbocycles. The molecule has 0 aliphatic carbocycles. The van der Waals surface area contributed by atoms with Crippen molar-refractivity contribution >= 4 is 5.91 Å². The molecule has 2 unspecified atom stereocenters. The lowest BCUT2D eigenvalue weighted by molar-refractivity contribution is -0.144. The van der Waals surface area contributed by atoms with E-state index in [9.17, 15) is 18.0 Å². The van der Waals surface area contributed by atoms with Gasteiger partial charge in [0, 0.05) is 12.6 Å². The van der Waals surface area contributed by atoms with Gasteiger partial charge in [-0.2, -0.15) is 13.2 Å². The van der Waals surface area contributed by atoms with E-state index in [1.54, 1.807) is 0 Å². The van der Waals surface area contributed by atoms with Gasteiger partial charge in [-0.25, -0.2) is 0 Å². The molecular weight excluding hydrogens is 257 g/mol. The van der Waals surface area contributed by atoms with Gasteiger partial charge in [-0.1, -0.05) is 13.3 Å². The number of hydrogen-bond donors (Lipinski definition) is 2. The van der Waals surface area contributed by atoms with E-state index in [1.165, 1.54) is 6.92 Å². The summed E-state index contributed by atoms with van der Waals surface area (Å²) in [6.07, 6.45) is -2.02. The molecule has 0 aromatic rings. The lowest BCUT2D eigenvalue weighted by Gasteiger charge is -2.37. The molecule has 2 N–H and O–H groups in total. The zero-order valence-electron chi connectivity index (χ0n) is 11.6. The maximum Gasteiger partial charge on any atom is 0.391 e. The first-order valence-corrected chi connectivity index (χ1v) is 6.87. The molecule has 1 aliphatic rings. The van der Waals surface area contributed by atoms with Crippen molar-refractivity contribution in [1.82, 2.24) is 10.6 Å². The highest BCUT2D eigenvalue weighted by atomic mass is 19.4.